The van der Waals surface area contributed by atoms with Gasteiger partial charge in [-0.2, -0.15) is 26.3 Å². The standard InChI is InChI=1S/C20H20F3N3O3.C19H17F3N4O2/c1-29-15-5-2-4-14(8-15)19(6-3-7-19)9-17-24-10-13(11-25-17)16(27)12-26-18(28)20(21,22)23;1-27-14-5-2-4-13(8-14)18(6-3-7-18)9-15-23-10-12(11-24-15)16-25-26-17(28-16)19(20,21)22/h2,4-5,8,10-11H,3,6-7,9,12H2,1H3,(H,26,28);2,4-5,8,10-11H,3,6-7,9H2,1H3. The molecule has 0 unspecified atom stereocenters. The number of ketones is 1. The van der Waals surface area contributed by atoms with Gasteiger partial charge in [0.25, 0.3) is 5.89 Å². The Balaban J connectivity index is 0.000000193. The molecule has 3 heterocycles. The Kier molecular flexibility index (Phi) is 11.9. The number of methoxy groups -OCH3 is 2. The molecule has 2 saturated carbocycles. The zero-order chi connectivity index (χ0) is 40.8. The maximum atomic E-state index is 12.6. The van der Waals surface area contributed by atoms with E-state index in [0.29, 0.717) is 24.5 Å². The molecule has 2 aliphatic rings. The Labute approximate surface area is 322 Å². The monoisotopic (exact) mass is 797 g/mol. The molecule has 0 radical (unpaired) electrons. The highest BCUT2D eigenvalue weighted by molar-refractivity contribution is 5.99. The summed E-state index contributed by atoms with van der Waals surface area (Å²) < 4.78 is 89.6. The van der Waals surface area contributed by atoms with E-state index < -0.39 is 36.5 Å². The lowest BCUT2D eigenvalue weighted by atomic mass is 9.62. The Morgan fingerprint density at radius 1 is 0.737 bits per heavy atom. The van der Waals surface area contributed by atoms with Crippen LogP contribution in [0.2, 0.25) is 0 Å². The fourth-order valence-corrected chi connectivity index (χ4v) is 6.82. The molecule has 1 N–H and O–H groups in total. The van der Waals surface area contributed by atoms with Crippen LogP contribution in [0.1, 0.15) is 77.5 Å². The van der Waals surface area contributed by atoms with Crippen LogP contribution in [0.15, 0.2) is 77.7 Å². The third kappa shape index (κ3) is 9.55. The molecule has 3 aromatic heterocycles. The quantitative estimate of drug-likeness (QED) is 0.100. The van der Waals surface area contributed by atoms with Gasteiger partial charge in [0.15, 0.2) is 5.78 Å². The maximum absolute atomic E-state index is 12.6. The highest BCUT2D eigenvalue weighted by atomic mass is 19.4. The predicted octanol–water partition coefficient (Wildman–Crippen LogP) is 7.23. The van der Waals surface area contributed by atoms with Gasteiger partial charge < -0.3 is 19.2 Å². The predicted molar refractivity (Wildman–Crippen MR) is 190 cm³/mol. The lowest BCUT2D eigenvalue weighted by Crippen LogP contribution is -2.39. The van der Waals surface area contributed by atoms with Gasteiger partial charge in [0.2, 0.25) is 0 Å². The number of carbonyl (C=O) groups excluding carboxylic acids is 2. The summed E-state index contributed by atoms with van der Waals surface area (Å²) in [4.78, 5) is 39.8. The van der Waals surface area contributed by atoms with Crippen LogP contribution in [0.4, 0.5) is 26.3 Å². The van der Waals surface area contributed by atoms with Gasteiger partial charge in [-0.05, 0) is 61.1 Å². The minimum Gasteiger partial charge on any atom is -0.497 e. The molecule has 0 saturated heterocycles. The van der Waals surface area contributed by atoms with E-state index >= 15 is 0 Å². The van der Waals surface area contributed by atoms with Gasteiger partial charge in [0.1, 0.15) is 23.1 Å². The van der Waals surface area contributed by atoms with Gasteiger partial charge in [0.05, 0.1) is 31.9 Å². The molecule has 1 amide bonds. The first-order valence-corrected chi connectivity index (χ1v) is 17.8. The van der Waals surface area contributed by atoms with Crippen LogP contribution in [-0.4, -0.2) is 68.8 Å². The number of nitrogens with one attached hydrogen (secondary N) is 1. The fourth-order valence-electron chi connectivity index (χ4n) is 6.82. The number of rotatable bonds is 12. The number of alkyl halides is 6. The Morgan fingerprint density at radius 2 is 1.23 bits per heavy atom. The van der Waals surface area contributed by atoms with E-state index in [1.807, 2.05) is 42.5 Å². The van der Waals surface area contributed by atoms with Crippen molar-refractivity contribution in [2.24, 2.45) is 0 Å². The summed E-state index contributed by atoms with van der Waals surface area (Å²) in [6, 6.07) is 15.8. The summed E-state index contributed by atoms with van der Waals surface area (Å²) in [6.45, 7) is -0.769. The van der Waals surface area contributed by atoms with Crippen LogP contribution in [0.25, 0.3) is 11.5 Å². The highest BCUT2D eigenvalue weighted by Gasteiger charge is 2.42. The first kappa shape index (κ1) is 40.7. The molecule has 12 nitrogen and oxygen atoms in total. The van der Waals surface area contributed by atoms with E-state index in [1.165, 1.54) is 30.4 Å². The van der Waals surface area contributed by atoms with Crippen molar-refractivity contribution < 1.29 is 49.8 Å². The SMILES string of the molecule is COc1cccc(C2(Cc3ncc(-c4nnc(C(F)(F)F)o4)cn3)CCC2)c1.COc1cccc(C2(Cc3ncc(C(=O)CNC(=O)C(F)(F)F)cn3)CCC2)c1. The van der Waals surface area contributed by atoms with E-state index in [1.54, 1.807) is 19.5 Å². The molecule has 0 aliphatic heterocycles. The van der Waals surface area contributed by atoms with Crippen molar-refractivity contribution in [2.45, 2.75) is 74.5 Å². The number of hydrogen-bond donors (Lipinski definition) is 1. The largest absolute Gasteiger partial charge is 0.497 e. The molecular weight excluding hydrogens is 760 g/mol. The molecule has 2 aromatic carbocycles. The van der Waals surface area contributed by atoms with E-state index in [2.05, 4.69) is 40.6 Å². The van der Waals surface area contributed by atoms with E-state index in [0.717, 1.165) is 55.6 Å². The van der Waals surface area contributed by atoms with Crippen LogP contribution >= 0.6 is 0 Å². The molecule has 0 spiro atoms. The second kappa shape index (κ2) is 16.7. The average Bonchev–Trinajstić information content (AvgIpc) is 3.69. The lowest BCUT2D eigenvalue weighted by molar-refractivity contribution is -0.173. The normalized spacial score (nSPS) is 15.6. The minimum atomic E-state index is -5.03. The fraction of sp³-hybridized carbons (Fsp3) is 0.385. The van der Waals surface area contributed by atoms with Crippen molar-refractivity contribution in [1.29, 1.82) is 0 Å². The third-order valence-electron chi connectivity index (χ3n) is 10.3. The van der Waals surface area contributed by atoms with E-state index in [9.17, 15) is 35.9 Å². The smallest absolute Gasteiger partial charge is 0.471 e. The number of carbonyl (C=O) groups is 2. The number of aromatic nitrogens is 6. The second-order valence-corrected chi connectivity index (χ2v) is 13.9. The molecule has 7 rings (SSSR count). The van der Waals surface area contributed by atoms with Gasteiger partial charge in [-0.1, -0.05) is 37.1 Å². The first-order chi connectivity index (χ1) is 27.1. The molecule has 5 aromatic rings. The number of nitrogens with zero attached hydrogens (tertiary/aromatic N) is 6. The topological polar surface area (TPSA) is 155 Å². The van der Waals surface area contributed by atoms with Crippen molar-refractivity contribution in [3.8, 4) is 23.0 Å². The molecule has 2 fully saturated rings. The van der Waals surface area contributed by atoms with Gasteiger partial charge in [-0.3, -0.25) is 9.59 Å². The second-order valence-electron chi connectivity index (χ2n) is 13.9. The first-order valence-electron chi connectivity index (χ1n) is 17.8. The van der Waals surface area contributed by atoms with Crippen LogP contribution in [0.5, 0.6) is 11.5 Å². The Morgan fingerprint density at radius 3 is 1.63 bits per heavy atom. The summed E-state index contributed by atoms with van der Waals surface area (Å²) >= 11 is 0. The zero-order valence-electron chi connectivity index (χ0n) is 30.8. The molecule has 0 atom stereocenters. The molecular formula is C39H37F6N7O5. The molecule has 300 valence electrons. The number of amides is 1. The van der Waals surface area contributed by atoms with Crippen LogP contribution in [0, 0.1) is 0 Å². The van der Waals surface area contributed by atoms with Crippen molar-refractivity contribution in [3.63, 3.8) is 0 Å². The number of benzene rings is 2. The minimum absolute atomic E-state index is 0.0419. The van der Waals surface area contributed by atoms with Crippen molar-refractivity contribution in [3.05, 3.63) is 108 Å². The molecule has 18 heteroatoms. The lowest BCUT2D eigenvalue weighted by Gasteiger charge is -2.42. The van der Waals surface area contributed by atoms with Crippen molar-refractivity contribution in [2.75, 3.05) is 20.8 Å². The number of Topliss-reactive ketones (excluding diaryl/α,β-unsaturated/α-hetero) is 1. The number of halogens is 6. The van der Waals surface area contributed by atoms with Gasteiger partial charge in [-0.15, -0.1) is 10.2 Å². The number of hydrogen-bond acceptors (Lipinski definition) is 11. The summed E-state index contributed by atoms with van der Waals surface area (Å²) in [5, 5.41) is 7.98. The molecule has 2 aliphatic carbocycles. The maximum Gasteiger partial charge on any atom is 0.471 e. The van der Waals surface area contributed by atoms with Gasteiger partial charge in [0, 0.05) is 48.5 Å². The zero-order valence-corrected chi connectivity index (χ0v) is 30.8. The van der Waals surface area contributed by atoms with Crippen LogP contribution in [-0.2, 0) is 34.6 Å². The Bertz CT molecular complexity index is 2170. The van der Waals surface area contributed by atoms with Crippen LogP contribution in [0.3, 0.4) is 0 Å². The van der Waals surface area contributed by atoms with Crippen molar-refractivity contribution >= 4 is 11.7 Å². The van der Waals surface area contributed by atoms with E-state index in [4.69, 9.17) is 9.47 Å². The summed E-state index contributed by atoms with van der Waals surface area (Å²) in [5.74, 6) is -1.77. The number of ether oxygens (including phenoxy) is 2. The molecule has 0 bridgehead atoms. The Hall–Kier alpha value is -5.94. The average molecular weight is 798 g/mol. The highest BCUT2D eigenvalue weighted by Crippen LogP contribution is 2.47. The van der Waals surface area contributed by atoms with Gasteiger partial charge >= 0.3 is 24.2 Å². The van der Waals surface area contributed by atoms with E-state index in [-0.39, 0.29) is 27.8 Å². The molecule has 57 heavy (non-hydrogen) atoms. The van der Waals surface area contributed by atoms with Gasteiger partial charge in [-0.25, -0.2) is 19.9 Å². The van der Waals surface area contributed by atoms with Crippen LogP contribution < -0.4 is 14.8 Å². The third-order valence-corrected chi connectivity index (χ3v) is 10.3. The summed E-state index contributed by atoms with van der Waals surface area (Å²) in [7, 11) is 3.25. The summed E-state index contributed by atoms with van der Waals surface area (Å²) in [5.41, 5.74) is 2.46. The summed E-state index contributed by atoms with van der Waals surface area (Å²) in [6.07, 6.45) is 3.10. The van der Waals surface area contributed by atoms with Crippen molar-refractivity contribution in [1.82, 2.24) is 35.5 Å².